The molecule has 0 spiro atoms. The summed E-state index contributed by atoms with van der Waals surface area (Å²) in [6.45, 7) is 3.94. The standard InChI is InChI=1S/C26H24N2O4/c1-16-10-11-19(14-17(16)2)28-25(29)23(18-8-6-5-7-9-18)24(26(28)30)27-21-13-12-20(31-3)15-22(21)32-4/h5-15,27H,1-4H3. The van der Waals surface area contributed by atoms with Crippen molar-refractivity contribution in [2.45, 2.75) is 13.8 Å². The summed E-state index contributed by atoms with van der Waals surface area (Å²) in [4.78, 5) is 28.3. The van der Waals surface area contributed by atoms with Gasteiger partial charge in [0.1, 0.15) is 17.2 Å². The van der Waals surface area contributed by atoms with Crippen LogP contribution < -0.4 is 19.7 Å². The van der Waals surface area contributed by atoms with Gasteiger partial charge in [0.25, 0.3) is 11.8 Å². The zero-order chi connectivity index (χ0) is 22.8. The monoisotopic (exact) mass is 428 g/mol. The molecule has 1 N–H and O–H groups in total. The maximum Gasteiger partial charge on any atom is 0.282 e. The first kappa shape index (κ1) is 21.2. The SMILES string of the molecule is COc1ccc(NC2=C(c3ccccc3)C(=O)N(c3ccc(C)c(C)c3)C2=O)c(OC)c1. The van der Waals surface area contributed by atoms with Crippen molar-refractivity contribution in [2.24, 2.45) is 0 Å². The summed E-state index contributed by atoms with van der Waals surface area (Å²) >= 11 is 0. The van der Waals surface area contributed by atoms with E-state index in [0.717, 1.165) is 11.1 Å². The first-order chi connectivity index (χ1) is 15.4. The topological polar surface area (TPSA) is 67.9 Å². The summed E-state index contributed by atoms with van der Waals surface area (Å²) in [5.41, 5.74) is 4.35. The molecule has 0 bridgehead atoms. The molecular formula is C26H24N2O4. The van der Waals surface area contributed by atoms with Crippen molar-refractivity contribution in [2.75, 3.05) is 24.4 Å². The third-order valence-electron chi connectivity index (χ3n) is 5.56. The van der Waals surface area contributed by atoms with Crippen molar-refractivity contribution >= 4 is 28.8 Å². The highest BCUT2D eigenvalue weighted by Crippen LogP contribution is 2.37. The van der Waals surface area contributed by atoms with Gasteiger partial charge in [0, 0.05) is 6.07 Å². The van der Waals surface area contributed by atoms with Gasteiger partial charge < -0.3 is 14.8 Å². The van der Waals surface area contributed by atoms with Gasteiger partial charge in [0.15, 0.2) is 0 Å². The number of rotatable bonds is 6. The third kappa shape index (κ3) is 3.71. The van der Waals surface area contributed by atoms with Gasteiger partial charge in [0.2, 0.25) is 0 Å². The number of methoxy groups -OCH3 is 2. The van der Waals surface area contributed by atoms with E-state index in [0.29, 0.717) is 34.0 Å². The lowest BCUT2D eigenvalue weighted by Gasteiger charge is -2.17. The molecule has 3 aromatic carbocycles. The fourth-order valence-electron chi connectivity index (χ4n) is 3.65. The average molecular weight is 428 g/mol. The summed E-state index contributed by atoms with van der Waals surface area (Å²) < 4.78 is 10.7. The van der Waals surface area contributed by atoms with E-state index < -0.39 is 5.91 Å². The van der Waals surface area contributed by atoms with Gasteiger partial charge in [-0.2, -0.15) is 0 Å². The van der Waals surface area contributed by atoms with E-state index in [1.165, 1.54) is 12.0 Å². The number of carbonyl (C=O) groups excluding carboxylic acids is 2. The number of aryl methyl sites for hydroxylation is 2. The Hall–Kier alpha value is -4.06. The molecule has 32 heavy (non-hydrogen) atoms. The van der Waals surface area contributed by atoms with Crippen LogP contribution in [0.25, 0.3) is 5.57 Å². The summed E-state index contributed by atoms with van der Waals surface area (Å²) in [6.07, 6.45) is 0. The second-order valence-corrected chi connectivity index (χ2v) is 7.52. The van der Waals surface area contributed by atoms with Crippen LogP contribution in [-0.4, -0.2) is 26.0 Å². The molecule has 3 aromatic rings. The molecule has 6 heteroatoms. The number of imide groups is 1. The Morgan fingerprint density at radius 2 is 1.53 bits per heavy atom. The van der Waals surface area contributed by atoms with Gasteiger partial charge in [-0.1, -0.05) is 36.4 Å². The van der Waals surface area contributed by atoms with E-state index in [1.54, 1.807) is 31.4 Å². The van der Waals surface area contributed by atoms with Crippen molar-refractivity contribution < 1.29 is 19.1 Å². The zero-order valence-corrected chi connectivity index (χ0v) is 18.4. The van der Waals surface area contributed by atoms with Crippen molar-refractivity contribution in [3.8, 4) is 11.5 Å². The molecule has 1 aliphatic heterocycles. The summed E-state index contributed by atoms with van der Waals surface area (Å²) in [5.74, 6) is 0.318. The Labute approximate surface area is 187 Å². The number of nitrogens with one attached hydrogen (secondary N) is 1. The van der Waals surface area contributed by atoms with Crippen LogP contribution >= 0.6 is 0 Å². The molecule has 0 saturated heterocycles. The highest BCUT2D eigenvalue weighted by molar-refractivity contribution is 6.46. The smallest absolute Gasteiger partial charge is 0.282 e. The molecule has 0 unspecified atom stereocenters. The fraction of sp³-hybridized carbons (Fsp3) is 0.154. The highest BCUT2D eigenvalue weighted by atomic mass is 16.5. The Balaban J connectivity index is 1.82. The molecule has 0 radical (unpaired) electrons. The van der Waals surface area contributed by atoms with Crippen LogP contribution in [0.2, 0.25) is 0 Å². The first-order valence-electron chi connectivity index (χ1n) is 10.2. The van der Waals surface area contributed by atoms with E-state index >= 15 is 0 Å². The summed E-state index contributed by atoms with van der Waals surface area (Å²) in [6, 6.07) is 20.0. The van der Waals surface area contributed by atoms with Gasteiger partial charge in [-0.05, 0) is 54.8 Å². The van der Waals surface area contributed by atoms with Crippen molar-refractivity contribution in [1.82, 2.24) is 0 Å². The third-order valence-corrected chi connectivity index (χ3v) is 5.56. The molecule has 2 amide bonds. The van der Waals surface area contributed by atoms with Gasteiger partial charge in [-0.3, -0.25) is 9.59 Å². The molecule has 1 aliphatic rings. The predicted octanol–water partition coefficient (Wildman–Crippen LogP) is 4.72. The Bertz CT molecular complexity index is 1230. The normalized spacial score (nSPS) is 13.6. The number of amides is 2. The van der Waals surface area contributed by atoms with E-state index in [4.69, 9.17) is 9.47 Å². The van der Waals surface area contributed by atoms with Crippen LogP contribution in [0.4, 0.5) is 11.4 Å². The van der Waals surface area contributed by atoms with E-state index in [2.05, 4.69) is 5.32 Å². The van der Waals surface area contributed by atoms with Crippen LogP contribution in [0.15, 0.2) is 72.4 Å². The number of anilines is 2. The van der Waals surface area contributed by atoms with Crippen molar-refractivity contribution in [1.29, 1.82) is 0 Å². The molecular weight excluding hydrogens is 404 g/mol. The van der Waals surface area contributed by atoms with Gasteiger partial charge in [-0.15, -0.1) is 0 Å². The van der Waals surface area contributed by atoms with Crippen molar-refractivity contribution in [3.05, 3.63) is 89.1 Å². The van der Waals surface area contributed by atoms with Crippen LogP contribution in [0.5, 0.6) is 11.5 Å². The molecule has 4 rings (SSSR count). The number of benzene rings is 3. The number of ether oxygens (including phenoxy) is 2. The highest BCUT2D eigenvalue weighted by Gasteiger charge is 2.40. The van der Waals surface area contributed by atoms with Crippen LogP contribution in [0.3, 0.4) is 0 Å². The Kier molecular flexibility index (Phi) is 5.69. The minimum atomic E-state index is -0.421. The van der Waals surface area contributed by atoms with E-state index in [9.17, 15) is 9.59 Å². The van der Waals surface area contributed by atoms with Gasteiger partial charge >= 0.3 is 0 Å². The molecule has 0 atom stereocenters. The van der Waals surface area contributed by atoms with Crippen molar-refractivity contribution in [3.63, 3.8) is 0 Å². The van der Waals surface area contributed by atoms with Gasteiger partial charge in [-0.25, -0.2) is 4.90 Å². The minimum absolute atomic E-state index is 0.197. The van der Waals surface area contributed by atoms with Crippen LogP contribution in [-0.2, 0) is 9.59 Å². The maximum absolute atomic E-state index is 13.5. The van der Waals surface area contributed by atoms with Crippen LogP contribution in [0, 0.1) is 13.8 Å². The maximum atomic E-state index is 13.5. The van der Waals surface area contributed by atoms with E-state index in [-0.39, 0.29) is 11.6 Å². The Morgan fingerprint density at radius 3 is 2.19 bits per heavy atom. The predicted molar refractivity (Wildman–Crippen MR) is 125 cm³/mol. The molecule has 6 nitrogen and oxygen atoms in total. The molecule has 0 saturated carbocycles. The second-order valence-electron chi connectivity index (χ2n) is 7.52. The van der Waals surface area contributed by atoms with E-state index in [1.807, 2.05) is 56.3 Å². The minimum Gasteiger partial charge on any atom is -0.497 e. The largest absolute Gasteiger partial charge is 0.497 e. The summed E-state index contributed by atoms with van der Waals surface area (Å²) in [5, 5.41) is 3.15. The lowest BCUT2D eigenvalue weighted by molar-refractivity contribution is -0.120. The lowest BCUT2D eigenvalue weighted by Crippen LogP contribution is -2.32. The number of hydrogen-bond donors (Lipinski definition) is 1. The number of nitrogens with zero attached hydrogens (tertiary/aromatic N) is 1. The first-order valence-corrected chi connectivity index (χ1v) is 10.2. The average Bonchev–Trinajstić information content (AvgIpc) is 3.05. The fourth-order valence-corrected chi connectivity index (χ4v) is 3.65. The second kappa shape index (κ2) is 8.59. The molecule has 162 valence electrons. The summed E-state index contributed by atoms with van der Waals surface area (Å²) in [7, 11) is 3.11. The zero-order valence-electron chi connectivity index (χ0n) is 18.4. The molecule has 1 heterocycles. The lowest BCUT2D eigenvalue weighted by atomic mass is 10.0. The molecule has 0 aromatic heterocycles. The quantitative estimate of drug-likeness (QED) is 0.576. The molecule has 0 aliphatic carbocycles. The Morgan fingerprint density at radius 1 is 0.781 bits per heavy atom. The van der Waals surface area contributed by atoms with Crippen LogP contribution in [0.1, 0.15) is 16.7 Å². The molecule has 0 fully saturated rings. The van der Waals surface area contributed by atoms with Gasteiger partial charge in [0.05, 0.1) is 31.2 Å². The number of carbonyl (C=O) groups is 2. The number of hydrogen-bond acceptors (Lipinski definition) is 5.